The fourth-order valence-electron chi connectivity index (χ4n) is 3.56. The van der Waals surface area contributed by atoms with Crippen LogP contribution in [0, 0.1) is 5.82 Å². The van der Waals surface area contributed by atoms with Crippen LogP contribution in [0.5, 0.6) is 0 Å². The summed E-state index contributed by atoms with van der Waals surface area (Å²) in [7, 11) is 0. The van der Waals surface area contributed by atoms with E-state index in [0.29, 0.717) is 47.4 Å². The number of hydrogen-bond donors (Lipinski definition) is 1. The van der Waals surface area contributed by atoms with Gasteiger partial charge in [-0.3, -0.25) is 14.2 Å². The maximum atomic E-state index is 14.2. The molecule has 1 fully saturated rings. The summed E-state index contributed by atoms with van der Waals surface area (Å²) in [4.78, 5) is 26.5. The number of carbonyl (C=O) groups is 2. The lowest BCUT2D eigenvalue weighted by atomic mass is 10.2. The number of halogens is 1. The van der Waals surface area contributed by atoms with Crippen LogP contribution in [0.4, 0.5) is 15.8 Å². The van der Waals surface area contributed by atoms with Gasteiger partial charge in [-0.2, -0.15) is 0 Å². The lowest BCUT2D eigenvalue weighted by molar-refractivity contribution is -0.117. The summed E-state index contributed by atoms with van der Waals surface area (Å²) in [6, 6.07) is 13.6. The van der Waals surface area contributed by atoms with Crippen LogP contribution in [-0.2, 0) is 16.1 Å². The highest BCUT2D eigenvalue weighted by molar-refractivity contribution is 7.99. The number of rotatable bonds is 8. The monoisotopic (exact) mass is 451 g/mol. The third-order valence-corrected chi connectivity index (χ3v) is 5.98. The van der Waals surface area contributed by atoms with E-state index < -0.39 is 5.82 Å². The smallest absolute Gasteiger partial charge is 0.234 e. The predicted octanol–water partition coefficient (Wildman–Crippen LogP) is 4.13. The molecule has 2 amide bonds. The fraction of sp³-hybridized carbons (Fsp3) is 0.217. The molecule has 0 bridgehead atoms. The van der Waals surface area contributed by atoms with Gasteiger partial charge in [0.1, 0.15) is 5.82 Å². The summed E-state index contributed by atoms with van der Waals surface area (Å²) >= 11 is 1.20. The number of nitrogens with one attached hydrogen (secondary N) is 1. The van der Waals surface area contributed by atoms with Crippen molar-refractivity contribution in [3.05, 3.63) is 67.0 Å². The Bertz CT molecular complexity index is 1160. The van der Waals surface area contributed by atoms with E-state index >= 15 is 0 Å². The van der Waals surface area contributed by atoms with E-state index in [1.807, 2.05) is 18.2 Å². The van der Waals surface area contributed by atoms with Gasteiger partial charge in [-0.1, -0.05) is 42.1 Å². The quantitative estimate of drug-likeness (QED) is 0.412. The fourth-order valence-corrected chi connectivity index (χ4v) is 4.31. The van der Waals surface area contributed by atoms with Gasteiger partial charge in [0.25, 0.3) is 0 Å². The van der Waals surface area contributed by atoms with E-state index in [4.69, 9.17) is 0 Å². The van der Waals surface area contributed by atoms with Crippen LogP contribution >= 0.6 is 11.8 Å². The summed E-state index contributed by atoms with van der Waals surface area (Å²) in [5.74, 6) is -0.125. The van der Waals surface area contributed by atoms with E-state index in [1.165, 1.54) is 17.8 Å². The van der Waals surface area contributed by atoms with Crippen molar-refractivity contribution in [2.24, 2.45) is 0 Å². The Kier molecular flexibility index (Phi) is 6.65. The summed E-state index contributed by atoms with van der Waals surface area (Å²) in [6.07, 6.45) is 2.99. The average molecular weight is 452 g/mol. The maximum absolute atomic E-state index is 14.2. The van der Waals surface area contributed by atoms with Crippen LogP contribution in [0.3, 0.4) is 0 Å². The van der Waals surface area contributed by atoms with E-state index in [9.17, 15) is 14.0 Å². The molecule has 1 aliphatic heterocycles. The summed E-state index contributed by atoms with van der Waals surface area (Å²) in [6.45, 7) is 4.77. The van der Waals surface area contributed by atoms with Crippen molar-refractivity contribution in [2.45, 2.75) is 24.5 Å². The van der Waals surface area contributed by atoms with Crippen molar-refractivity contribution >= 4 is 35.0 Å². The molecule has 0 atom stereocenters. The molecule has 3 aromatic rings. The first-order valence-corrected chi connectivity index (χ1v) is 11.2. The van der Waals surface area contributed by atoms with Gasteiger partial charge in [0.05, 0.1) is 22.7 Å². The van der Waals surface area contributed by atoms with Crippen LogP contribution < -0.4 is 10.2 Å². The van der Waals surface area contributed by atoms with Gasteiger partial charge >= 0.3 is 0 Å². The van der Waals surface area contributed by atoms with Crippen LogP contribution in [0.1, 0.15) is 12.8 Å². The van der Waals surface area contributed by atoms with Gasteiger partial charge < -0.3 is 10.2 Å². The highest BCUT2D eigenvalue weighted by Gasteiger charge is 2.24. The number of hydrogen-bond acceptors (Lipinski definition) is 5. The predicted molar refractivity (Wildman–Crippen MR) is 123 cm³/mol. The van der Waals surface area contributed by atoms with Gasteiger partial charge in [0.15, 0.2) is 11.0 Å². The summed E-state index contributed by atoms with van der Waals surface area (Å²) < 4.78 is 16.0. The van der Waals surface area contributed by atoms with Gasteiger partial charge in [0.2, 0.25) is 11.8 Å². The van der Waals surface area contributed by atoms with Crippen molar-refractivity contribution < 1.29 is 14.0 Å². The number of carbonyl (C=O) groups excluding carboxylic acids is 2. The molecule has 1 N–H and O–H groups in total. The molecule has 1 aromatic heterocycles. The molecule has 1 aliphatic rings. The minimum atomic E-state index is -0.396. The topological polar surface area (TPSA) is 80.1 Å². The second kappa shape index (κ2) is 9.78. The maximum Gasteiger partial charge on any atom is 0.234 e. The molecule has 0 spiro atoms. The highest BCUT2D eigenvalue weighted by Crippen LogP contribution is 2.30. The van der Waals surface area contributed by atoms with Crippen LogP contribution in [-0.4, -0.2) is 38.9 Å². The van der Waals surface area contributed by atoms with Crippen LogP contribution in [0.25, 0.3) is 11.4 Å². The zero-order chi connectivity index (χ0) is 22.5. The van der Waals surface area contributed by atoms with Crippen molar-refractivity contribution in [2.75, 3.05) is 22.5 Å². The number of anilines is 2. The summed E-state index contributed by atoms with van der Waals surface area (Å²) in [5.41, 5.74) is 1.63. The molecule has 9 heteroatoms. The van der Waals surface area contributed by atoms with E-state index in [1.54, 1.807) is 39.8 Å². The standard InChI is InChI=1S/C23H22FN5O2S/c1-2-13-29-22(16-8-3-4-9-17(16)24)26-27-23(29)32-15-20(30)25-18-10-5-6-11-19(18)28-14-7-12-21(28)31/h2-6,8-11H,1,7,12-15H2,(H,25,30). The number of allylic oxidation sites excluding steroid dienone is 1. The molecular formula is C23H22FN5O2S. The normalized spacial score (nSPS) is 13.4. The molecule has 2 aromatic carbocycles. The van der Waals surface area contributed by atoms with Crippen molar-refractivity contribution in [1.29, 1.82) is 0 Å². The van der Waals surface area contributed by atoms with Gasteiger partial charge in [-0.25, -0.2) is 4.39 Å². The highest BCUT2D eigenvalue weighted by atomic mass is 32.2. The Morgan fingerprint density at radius 1 is 1.19 bits per heavy atom. The van der Waals surface area contributed by atoms with Crippen molar-refractivity contribution in [1.82, 2.24) is 14.8 Å². The number of nitrogens with zero attached hydrogens (tertiary/aromatic N) is 4. The Morgan fingerprint density at radius 3 is 2.72 bits per heavy atom. The third-order valence-electron chi connectivity index (χ3n) is 5.02. The minimum Gasteiger partial charge on any atom is -0.324 e. The SMILES string of the molecule is C=CCn1c(SCC(=O)Nc2ccccc2N2CCCC2=O)nnc1-c1ccccc1F. The van der Waals surface area contributed by atoms with E-state index in [-0.39, 0.29) is 17.6 Å². The molecule has 0 saturated carbocycles. The largest absolute Gasteiger partial charge is 0.324 e. The van der Waals surface area contributed by atoms with E-state index in [0.717, 1.165) is 6.42 Å². The number of amides is 2. The molecule has 7 nitrogen and oxygen atoms in total. The Hall–Kier alpha value is -3.46. The van der Waals surface area contributed by atoms with Gasteiger partial charge in [-0.05, 0) is 30.7 Å². The first-order valence-electron chi connectivity index (χ1n) is 10.2. The van der Waals surface area contributed by atoms with Gasteiger partial charge in [-0.15, -0.1) is 16.8 Å². The molecule has 4 rings (SSSR count). The van der Waals surface area contributed by atoms with E-state index in [2.05, 4.69) is 22.1 Å². The number of benzene rings is 2. The zero-order valence-electron chi connectivity index (χ0n) is 17.3. The van der Waals surface area contributed by atoms with Crippen molar-refractivity contribution in [3.63, 3.8) is 0 Å². The lowest BCUT2D eigenvalue weighted by Gasteiger charge is -2.19. The Morgan fingerprint density at radius 2 is 1.97 bits per heavy atom. The molecule has 2 heterocycles. The second-order valence-electron chi connectivity index (χ2n) is 7.19. The minimum absolute atomic E-state index is 0.0549. The number of thioether (sulfide) groups is 1. The molecular weight excluding hydrogens is 429 g/mol. The molecule has 164 valence electrons. The second-order valence-corrected chi connectivity index (χ2v) is 8.13. The number of para-hydroxylation sites is 2. The molecule has 1 saturated heterocycles. The average Bonchev–Trinajstić information content (AvgIpc) is 3.39. The van der Waals surface area contributed by atoms with Crippen molar-refractivity contribution in [3.8, 4) is 11.4 Å². The first kappa shape index (κ1) is 21.8. The van der Waals surface area contributed by atoms with Crippen LogP contribution in [0.2, 0.25) is 0 Å². The molecule has 0 radical (unpaired) electrons. The Labute approximate surface area is 189 Å². The lowest BCUT2D eigenvalue weighted by Crippen LogP contribution is -2.26. The molecule has 0 aliphatic carbocycles. The molecule has 0 unspecified atom stereocenters. The number of aromatic nitrogens is 3. The zero-order valence-corrected chi connectivity index (χ0v) is 18.1. The third kappa shape index (κ3) is 4.57. The Balaban J connectivity index is 1.48. The van der Waals surface area contributed by atoms with Crippen LogP contribution in [0.15, 0.2) is 66.3 Å². The first-order chi connectivity index (χ1) is 15.6. The van der Waals surface area contributed by atoms with Gasteiger partial charge in [0, 0.05) is 19.5 Å². The molecule has 32 heavy (non-hydrogen) atoms. The summed E-state index contributed by atoms with van der Waals surface area (Å²) in [5, 5.41) is 11.7.